The quantitative estimate of drug-likeness (QED) is 0.443. The van der Waals surface area contributed by atoms with E-state index in [1.165, 1.54) is 53.9 Å². The third kappa shape index (κ3) is 4.24. The molecular weight excluding hydrogens is 425 g/mol. The molecule has 162 valence electrons. The number of hydrogen-bond donors (Lipinski definition) is 0. The Hall–Kier alpha value is -3.04. The standard InChI is InChI=1S/C22H20FNO6S/c1-29-22(26)18-11-14(2-5-19(18)23)10-15-8-9-24(13-15)31(27,28)17-4-6-20-16(12-17)3-7-21(25)30-20/h2-7,11-12,15H,8-10,13H2,1H3. The highest BCUT2D eigenvalue weighted by molar-refractivity contribution is 7.89. The topological polar surface area (TPSA) is 93.9 Å². The van der Waals surface area contributed by atoms with Gasteiger partial charge in [-0.15, -0.1) is 0 Å². The van der Waals surface area contributed by atoms with E-state index in [4.69, 9.17) is 4.42 Å². The molecule has 1 saturated heterocycles. The molecule has 1 aliphatic rings. The average molecular weight is 445 g/mol. The molecule has 7 nitrogen and oxygen atoms in total. The molecule has 4 rings (SSSR count). The molecule has 0 radical (unpaired) electrons. The summed E-state index contributed by atoms with van der Waals surface area (Å²) in [5.41, 5.74) is 0.433. The van der Waals surface area contributed by atoms with Gasteiger partial charge < -0.3 is 9.15 Å². The molecule has 2 heterocycles. The molecule has 0 saturated carbocycles. The molecule has 31 heavy (non-hydrogen) atoms. The van der Waals surface area contributed by atoms with Gasteiger partial charge in [-0.2, -0.15) is 4.31 Å². The van der Waals surface area contributed by atoms with Gasteiger partial charge in [0.1, 0.15) is 11.4 Å². The summed E-state index contributed by atoms with van der Waals surface area (Å²) in [7, 11) is -2.53. The molecule has 0 amide bonds. The second-order valence-corrected chi connectivity index (χ2v) is 9.42. The number of sulfonamides is 1. The number of rotatable bonds is 5. The molecule has 2 aromatic carbocycles. The van der Waals surface area contributed by atoms with Gasteiger partial charge in [-0.05, 0) is 60.7 Å². The first-order valence-corrected chi connectivity index (χ1v) is 11.1. The molecule has 0 bridgehead atoms. The van der Waals surface area contributed by atoms with Gasteiger partial charge in [0.2, 0.25) is 10.0 Å². The number of methoxy groups -OCH3 is 1. The van der Waals surface area contributed by atoms with Crippen LogP contribution in [0.5, 0.6) is 0 Å². The zero-order valence-corrected chi connectivity index (χ0v) is 17.5. The number of esters is 1. The van der Waals surface area contributed by atoms with Gasteiger partial charge in [0.15, 0.2) is 0 Å². The van der Waals surface area contributed by atoms with Crippen LogP contribution in [0, 0.1) is 11.7 Å². The molecule has 1 aliphatic heterocycles. The van der Waals surface area contributed by atoms with Crippen LogP contribution < -0.4 is 5.63 Å². The maximum atomic E-state index is 13.8. The van der Waals surface area contributed by atoms with Crippen LogP contribution in [0.4, 0.5) is 4.39 Å². The molecule has 9 heteroatoms. The van der Waals surface area contributed by atoms with E-state index in [-0.39, 0.29) is 16.4 Å². The van der Waals surface area contributed by atoms with Gasteiger partial charge in [-0.1, -0.05) is 6.07 Å². The Morgan fingerprint density at radius 3 is 2.77 bits per heavy atom. The summed E-state index contributed by atoms with van der Waals surface area (Å²) in [4.78, 5) is 23.1. The second kappa shape index (κ2) is 8.24. The second-order valence-electron chi connectivity index (χ2n) is 7.48. The van der Waals surface area contributed by atoms with Crippen LogP contribution in [0.25, 0.3) is 11.0 Å². The molecular formula is C22H20FNO6S. The Morgan fingerprint density at radius 2 is 2.00 bits per heavy atom. The monoisotopic (exact) mass is 445 g/mol. The smallest absolute Gasteiger partial charge is 0.340 e. The molecule has 1 fully saturated rings. The zero-order chi connectivity index (χ0) is 22.2. The molecule has 1 unspecified atom stereocenters. The molecule has 0 aliphatic carbocycles. The van der Waals surface area contributed by atoms with Crippen molar-refractivity contribution >= 4 is 27.0 Å². The van der Waals surface area contributed by atoms with Crippen molar-refractivity contribution in [2.45, 2.75) is 17.7 Å². The molecule has 1 aromatic heterocycles. The first-order chi connectivity index (χ1) is 14.8. The van der Waals surface area contributed by atoms with Gasteiger partial charge in [0.05, 0.1) is 17.6 Å². The van der Waals surface area contributed by atoms with E-state index >= 15 is 0 Å². The zero-order valence-electron chi connectivity index (χ0n) is 16.7. The maximum Gasteiger partial charge on any atom is 0.340 e. The summed E-state index contributed by atoms with van der Waals surface area (Å²) >= 11 is 0. The van der Waals surface area contributed by atoms with Crippen molar-refractivity contribution in [1.29, 1.82) is 0 Å². The predicted molar refractivity (Wildman–Crippen MR) is 111 cm³/mol. The van der Waals surface area contributed by atoms with E-state index in [9.17, 15) is 22.4 Å². The number of nitrogens with zero attached hydrogens (tertiary/aromatic N) is 1. The van der Waals surface area contributed by atoms with Gasteiger partial charge in [-0.3, -0.25) is 0 Å². The van der Waals surface area contributed by atoms with Gasteiger partial charge in [0, 0.05) is 24.5 Å². The van der Waals surface area contributed by atoms with Gasteiger partial charge in [0.25, 0.3) is 0 Å². The van der Waals surface area contributed by atoms with Crippen LogP contribution in [0.3, 0.4) is 0 Å². The molecule has 3 aromatic rings. The lowest BCUT2D eigenvalue weighted by molar-refractivity contribution is 0.0595. The van der Waals surface area contributed by atoms with Crippen LogP contribution >= 0.6 is 0 Å². The summed E-state index contributed by atoms with van der Waals surface area (Å²) in [6.07, 6.45) is 1.16. The fraction of sp³-hybridized carbons (Fsp3) is 0.273. The van der Waals surface area contributed by atoms with Gasteiger partial charge in [-0.25, -0.2) is 22.4 Å². The van der Waals surface area contributed by atoms with Crippen molar-refractivity contribution in [1.82, 2.24) is 4.31 Å². The number of ether oxygens (including phenoxy) is 1. The number of halogens is 1. The number of hydrogen-bond acceptors (Lipinski definition) is 6. The van der Waals surface area contributed by atoms with Crippen LogP contribution in [0.2, 0.25) is 0 Å². The van der Waals surface area contributed by atoms with Crippen LogP contribution in [-0.2, 0) is 21.2 Å². The third-order valence-electron chi connectivity index (χ3n) is 5.44. The predicted octanol–water partition coefficient (Wildman–Crippen LogP) is 2.97. The lowest BCUT2D eigenvalue weighted by Crippen LogP contribution is -2.29. The summed E-state index contributed by atoms with van der Waals surface area (Å²) in [5.74, 6) is -1.37. The van der Waals surface area contributed by atoms with E-state index in [1.807, 2.05) is 0 Å². The van der Waals surface area contributed by atoms with E-state index in [0.29, 0.717) is 36.9 Å². The number of benzene rings is 2. The minimum absolute atomic E-state index is 0.0317. The van der Waals surface area contributed by atoms with Crippen molar-refractivity contribution in [3.8, 4) is 0 Å². The van der Waals surface area contributed by atoms with Crippen LogP contribution in [-0.4, -0.2) is 38.9 Å². The number of fused-ring (bicyclic) bond motifs is 1. The van der Waals surface area contributed by atoms with Crippen molar-refractivity contribution in [3.63, 3.8) is 0 Å². The highest BCUT2D eigenvalue weighted by Crippen LogP contribution is 2.28. The SMILES string of the molecule is COC(=O)c1cc(CC2CCN(S(=O)(=O)c3ccc4oc(=O)ccc4c3)C2)ccc1F. The highest BCUT2D eigenvalue weighted by Gasteiger charge is 2.33. The minimum Gasteiger partial charge on any atom is -0.465 e. The van der Waals surface area contributed by atoms with Crippen molar-refractivity contribution in [2.24, 2.45) is 5.92 Å². The normalized spacial score (nSPS) is 17.2. The lowest BCUT2D eigenvalue weighted by Gasteiger charge is -2.17. The summed E-state index contributed by atoms with van der Waals surface area (Å²) < 4.78 is 51.1. The average Bonchev–Trinajstić information content (AvgIpc) is 3.23. The van der Waals surface area contributed by atoms with E-state index in [1.54, 1.807) is 6.07 Å². The number of carbonyl (C=O) groups is 1. The largest absolute Gasteiger partial charge is 0.465 e. The Bertz CT molecular complexity index is 1320. The van der Waals surface area contributed by atoms with Crippen molar-refractivity contribution in [3.05, 3.63) is 75.9 Å². The summed E-state index contributed by atoms with van der Waals surface area (Å²) in [6.45, 7) is 0.676. The highest BCUT2D eigenvalue weighted by atomic mass is 32.2. The molecule has 0 spiro atoms. The molecule has 1 atom stereocenters. The third-order valence-corrected chi connectivity index (χ3v) is 7.30. The summed E-state index contributed by atoms with van der Waals surface area (Å²) in [6, 6.07) is 11.4. The Balaban J connectivity index is 1.51. The fourth-order valence-electron chi connectivity index (χ4n) is 3.84. The van der Waals surface area contributed by atoms with Crippen LogP contribution in [0.15, 0.2) is 62.6 Å². The van der Waals surface area contributed by atoms with Gasteiger partial charge >= 0.3 is 11.6 Å². The maximum absolute atomic E-state index is 13.8. The van der Waals surface area contributed by atoms with E-state index in [2.05, 4.69) is 4.74 Å². The fourth-order valence-corrected chi connectivity index (χ4v) is 5.41. The van der Waals surface area contributed by atoms with E-state index < -0.39 is 27.4 Å². The summed E-state index contributed by atoms with van der Waals surface area (Å²) in [5, 5.41) is 0.526. The minimum atomic E-state index is -3.72. The lowest BCUT2D eigenvalue weighted by atomic mass is 9.97. The van der Waals surface area contributed by atoms with Crippen molar-refractivity contribution < 1.29 is 26.8 Å². The number of carbonyl (C=O) groups excluding carboxylic acids is 1. The van der Waals surface area contributed by atoms with E-state index in [0.717, 1.165) is 5.56 Å². The first-order valence-electron chi connectivity index (χ1n) is 9.69. The Kier molecular flexibility index (Phi) is 5.63. The van der Waals surface area contributed by atoms with Crippen LogP contribution in [0.1, 0.15) is 22.3 Å². The Morgan fingerprint density at radius 1 is 1.19 bits per heavy atom. The molecule has 0 N–H and O–H groups in total. The first kappa shape index (κ1) is 21.2. The van der Waals surface area contributed by atoms with Crippen molar-refractivity contribution in [2.75, 3.05) is 20.2 Å². The Labute approximate surface area is 178 Å².